The molecule has 1 aromatic carbocycles. The first kappa shape index (κ1) is 10.4. The van der Waals surface area contributed by atoms with E-state index in [0.717, 1.165) is 0 Å². The number of para-hydroxylation sites is 1. The van der Waals surface area contributed by atoms with Crippen molar-refractivity contribution < 1.29 is 4.74 Å². The third-order valence-corrected chi connectivity index (χ3v) is 1.50. The van der Waals surface area contributed by atoms with Crippen LogP contribution < -0.4 is 10.5 Å². The first-order valence-electron chi connectivity index (χ1n) is 2.83. The number of methoxy groups -OCH3 is 1. The van der Waals surface area contributed by atoms with Crippen LogP contribution in [0.5, 0.6) is 5.75 Å². The van der Waals surface area contributed by atoms with Gasteiger partial charge in [0.1, 0.15) is 0 Å². The Morgan fingerprint density at radius 1 is 1.45 bits per heavy atom. The smallest absolute Gasteiger partial charge is 0.160 e. The minimum Gasteiger partial charge on any atom is -0.493 e. The summed E-state index contributed by atoms with van der Waals surface area (Å²) in [7, 11) is 1.54. The molecule has 0 aliphatic rings. The van der Waals surface area contributed by atoms with E-state index >= 15 is 0 Å². The molecule has 0 spiro atoms. The quantitative estimate of drug-likeness (QED) is 0.696. The van der Waals surface area contributed by atoms with E-state index in [1.165, 1.54) is 7.11 Å². The lowest BCUT2D eigenvalue weighted by Crippen LogP contribution is -1.91. The van der Waals surface area contributed by atoms with E-state index in [1.807, 2.05) is 0 Å². The normalized spacial score (nSPS) is 8.55. The Kier molecular flexibility index (Phi) is 4.08. The van der Waals surface area contributed by atoms with E-state index in [4.69, 9.17) is 22.1 Å². The first-order chi connectivity index (χ1) is 4.75. The van der Waals surface area contributed by atoms with Crippen LogP contribution in [0.25, 0.3) is 0 Å². The molecule has 0 saturated carbocycles. The van der Waals surface area contributed by atoms with Crippen molar-refractivity contribution in [2.45, 2.75) is 0 Å². The molecule has 1 rings (SSSR count). The van der Waals surface area contributed by atoms with Gasteiger partial charge in [0.2, 0.25) is 0 Å². The van der Waals surface area contributed by atoms with Gasteiger partial charge in [0.15, 0.2) is 5.75 Å². The number of rotatable bonds is 1. The van der Waals surface area contributed by atoms with Crippen molar-refractivity contribution in [2.24, 2.45) is 0 Å². The van der Waals surface area contributed by atoms with E-state index in [-0.39, 0.29) is 12.4 Å². The molecular weight excluding hydrogens is 185 g/mol. The minimum absolute atomic E-state index is 0. The fourth-order valence-electron chi connectivity index (χ4n) is 0.741. The standard InChI is InChI=1S/C7H8ClNO.ClH/c1-10-7-5(8)3-2-4-6(7)9;/h2-4H,9H2,1H3;1H. The highest BCUT2D eigenvalue weighted by molar-refractivity contribution is 6.32. The number of benzene rings is 1. The van der Waals surface area contributed by atoms with Gasteiger partial charge in [-0.2, -0.15) is 0 Å². The molecule has 2 N–H and O–H groups in total. The third kappa shape index (κ3) is 2.17. The highest BCUT2D eigenvalue weighted by Gasteiger charge is 2.01. The second-order valence-electron chi connectivity index (χ2n) is 1.86. The summed E-state index contributed by atoms with van der Waals surface area (Å²) in [5.74, 6) is 0.546. The van der Waals surface area contributed by atoms with Crippen LogP contribution in [0, 0.1) is 0 Å². The van der Waals surface area contributed by atoms with E-state index in [0.29, 0.717) is 16.5 Å². The van der Waals surface area contributed by atoms with Crippen molar-refractivity contribution in [2.75, 3.05) is 12.8 Å². The summed E-state index contributed by atoms with van der Waals surface area (Å²) in [5.41, 5.74) is 6.09. The van der Waals surface area contributed by atoms with Gasteiger partial charge >= 0.3 is 0 Å². The average molecular weight is 194 g/mol. The van der Waals surface area contributed by atoms with Gasteiger partial charge in [0.25, 0.3) is 0 Å². The van der Waals surface area contributed by atoms with Crippen LogP contribution >= 0.6 is 24.0 Å². The first-order valence-corrected chi connectivity index (χ1v) is 3.21. The zero-order valence-corrected chi connectivity index (χ0v) is 7.58. The Bertz CT molecular complexity index is 220. The topological polar surface area (TPSA) is 35.2 Å². The third-order valence-electron chi connectivity index (χ3n) is 1.20. The maximum Gasteiger partial charge on any atom is 0.160 e. The minimum atomic E-state index is 0. The summed E-state index contributed by atoms with van der Waals surface area (Å²) in [6.07, 6.45) is 0. The molecule has 2 nitrogen and oxygen atoms in total. The molecule has 0 fully saturated rings. The Morgan fingerprint density at radius 2 is 2.09 bits per heavy atom. The van der Waals surface area contributed by atoms with Crippen molar-refractivity contribution in [1.29, 1.82) is 0 Å². The Balaban J connectivity index is 0.000001000. The summed E-state index contributed by atoms with van der Waals surface area (Å²) >= 11 is 5.72. The highest BCUT2D eigenvalue weighted by Crippen LogP contribution is 2.29. The molecule has 0 heterocycles. The Hall–Kier alpha value is -0.600. The van der Waals surface area contributed by atoms with Crippen molar-refractivity contribution >= 4 is 29.7 Å². The molecule has 0 amide bonds. The van der Waals surface area contributed by atoms with Gasteiger partial charge in [0.05, 0.1) is 17.8 Å². The van der Waals surface area contributed by atoms with Gasteiger partial charge in [0, 0.05) is 0 Å². The lowest BCUT2D eigenvalue weighted by Gasteiger charge is -2.04. The van der Waals surface area contributed by atoms with Gasteiger partial charge in [-0.15, -0.1) is 12.4 Å². The largest absolute Gasteiger partial charge is 0.493 e. The fourth-order valence-corrected chi connectivity index (χ4v) is 1.000. The highest BCUT2D eigenvalue weighted by atomic mass is 35.5. The van der Waals surface area contributed by atoms with Crippen LogP contribution in [0.2, 0.25) is 5.02 Å². The van der Waals surface area contributed by atoms with Crippen LogP contribution in [-0.4, -0.2) is 7.11 Å². The molecule has 0 bridgehead atoms. The molecule has 0 aliphatic carbocycles. The predicted molar refractivity (Wildman–Crippen MR) is 49.7 cm³/mol. The van der Waals surface area contributed by atoms with Crippen molar-refractivity contribution in [1.82, 2.24) is 0 Å². The summed E-state index contributed by atoms with van der Waals surface area (Å²) in [6.45, 7) is 0. The molecule has 0 atom stereocenters. The average Bonchev–Trinajstić information content (AvgIpc) is 1.88. The second-order valence-corrected chi connectivity index (χ2v) is 2.27. The molecule has 62 valence electrons. The van der Waals surface area contributed by atoms with Crippen LogP contribution in [0.1, 0.15) is 0 Å². The number of ether oxygens (including phenoxy) is 1. The molecule has 0 aliphatic heterocycles. The van der Waals surface area contributed by atoms with Gasteiger partial charge < -0.3 is 10.5 Å². The zero-order valence-electron chi connectivity index (χ0n) is 6.00. The predicted octanol–water partition coefficient (Wildman–Crippen LogP) is 2.35. The number of anilines is 1. The molecule has 1 aromatic rings. The number of hydrogen-bond donors (Lipinski definition) is 1. The number of nitrogen functional groups attached to an aromatic ring is 1. The van der Waals surface area contributed by atoms with Crippen LogP contribution in [0.15, 0.2) is 18.2 Å². The molecule has 4 heteroatoms. The maximum atomic E-state index is 5.72. The molecular formula is C7H9Cl2NO. The van der Waals surface area contributed by atoms with Gasteiger partial charge in [-0.3, -0.25) is 0 Å². The van der Waals surface area contributed by atoms with E-state index < -0.39 is 0 Å². The van der Waals surface area contributed by atoms with Gasteiger partial charge in [-0.1, -0.05) is 17.7 Å². The van der Waals surface area contributed by atoms with E-state index in [1.54, 1.807) is 18.2 Å². The lowest BCUT2D eigenvalue weighted by atomic mass is 10.3. The molecule has 0 saturated heterocycles. The molecule has 0 unspecified atom stereocenters. The molecule has 0 aromatic heterocycles. The van der Waals surface area contributed by atoms with E-state index in [9.17, 15) is 0 Å². The van der Waals surface area contributed by atoms with E-state index in [2.05, 4.69) is 0 Å². The number of hydrogen-bond acceptors (Lipinski definition) is 2. The van der Waals surface area contributed by atoms with Gasteiger partial charge in [-0.25, -0.2) is 0 Å². The maximum absolute atomic E-state index is 5.72. The number of halogens is 2. The molecule has 0 radical (unpaired) electrons. The summed E-state index contributed by atoms with van der Waals surface area (Å²) < 4.78 is 4.92. The summed E-state index contributed by atoms with van der Waals surface area (Å²) in [6, 6.07) is 5.25. The van der Waals surface area contributed by atoms with Gasteiger partial charge in [-0.05, 0) is 12.1 Å². The van der Waals surface area contributed by atoms with Crippen LogP contribution in [0.4, 0.5) is 5.69 Å². The van der Waals surface area contributed by atoms with Crippen molar-refractivity contribution in [3.8, 4) is 5.75 Å². The SMILES string of the molecule is COc1c(N)cccc1Cl.Cl. The number of nitrogens with two attached hydrogens (primary N) is 1. The summed E-state index contributed by atoms with van der Waals surface area (Å²) in [4.78, 5) is 0. The van der Waals surface area contributed by atoms with Crippen molar-refractivity contribution in [3.05, 3.63) is 23.2 Å². The molecule has 11 heavy (non-hydrogen) atoms. The second kappa shape index (κ2) is 4.31. The fraction of sp³-hybridized carbons (Fsp3) is 0.143. The Morgan fingerprint density at radius 3 is 2.45 bits per heavy atom. The Labute approximate surface area is 76.7 Å². The zero-order chi connectivity index (χ0) is 7.56. The van der Waals surface area contributed by atoms with Crippen molar-refractivity contribution in [3.63, 3.8) is 0 Å². The monoisotopic (exact) mass is 193 g/mol. The lowest BCUT2D eigenvalue weighted by molar-refractivity contribution is 0.417. The van der Waals surface area contributed by atoms with Crippen LogP contribution in [-0.2, 0) is 0 Å². The summed E-state index contributed by atoms with van der Waals surface area (Å²) in [5, 5.41) is 0.544. The van der Waals surface area contributed by atoms with Crippen LogP contribution in [0.3, 0.4) is 0 Å².